The van der Waals surface area contributed by atoms with Crippen molar-refractivity contribution in [2.24, 2.45) is 5.41 Å². The van der Waals surface area contributed by atoms with Crippen LogP contribution in [0.3, 0.4) is 0 Å². The summed E-state index contributed by atoms with van der Waals surface area (Å²) in [5, 5.41) is 77.0. The van der Waals surface area contributed by atoms with Gasteiger partial charge in [0.2, 0.25) is 5.41 Å². The zero-order chi connectivity index (χ0) is 34.7. The average molecular weight is 665 g/mol. The Labute approximate surface area is 273 Å². The number of methoxy groups -OCH3 is 1. The number of unbranched alkanes of at least 4 members (excludes halogenated alkanes) is 10. The van der Waals surface area contributed by atoms with Gasteiger partial charge in [0.05, 0.1) is 19.3 Å². The van der Waals surface area contributed by atoms with Crippen molar-refractivity contribution in [1.82, 2.24) is 0 Å². The molecule has 2 aliphatic rings. The molecule has 0 radical (unpaired) electrons. The molecule has 2 heterocycles. The molecule has 1 unspecified atom stereocenters. The monoisotopic (exact) mass is 664 g/mol. The van der Waals surface area contributed by atoms with E-state index in [2.05, 4.69) is 6.92 Å². The van der Waals surface area contributed by atoms with Crippen molar-refractivity contribution in [2.75, 3.05) is 7.11 Å². The molecule has 270 valence electrons. The Balaban J connectivity index is 2.58. The summed E-state index contributed by atoms with van der Waals surface area (Å²) in [5.74, 6) is -5.26. The predicted molar refractivity (Wildman–Crippen MR) is 166 cm³/mol. The molecule has 0 aromatic carbocycles. The maximum atomic E-state index is 14.4. The number of rotatable bonds is 20. The Morgan fingerprint density at radius 3 is 1.74 bits per heavy atom. The summed E-state index contributed by atoms with van der Waals surface area (Å²) in [6, 6.07) is 0. The number of esters is 1. The number of carbonyl (C=O) groups excluding carboxylic acids is 2. The molecule has 46 heavy (non-hydrogen) atoms. The van der Waals surface area contributed by atoms with Crippen molar-refractivity contribution in [2.45, 2.75) is 185 Å². The van der Waals surface area contributed by atoms with E-state index in [4.69, 9.17) is 18.9 Å². The van der Waals surface area contributed by atoms with E-state index in [9.17, 15) is 45.3 Å². The van der Waals surface area contributed by atoms with Gasteiger partial charge in [0.1, 0.15) is 42.7 Å². The lowest BCUT2D eigenvalue weighted by atomic mass is 9.64. The second-order valence-corrected chi connectivity index (χ2v) is 13.1. The molecule has 0 amide bonds. The second kappa shape index (κ2) is 19.1. The Morgan fingerprint density at radius 2 is 1.17 bits per heavy atom. The highest BCUT2D eigenvalue weighted by molar-refractivity contribution is 6.06. The SMILES string of the molecule is CCCCCCCCCC(=O)C(C(=O)OC)([C@@H]1O[C@@H](C)[C@H](O)[C@@H](O)[C@H]1O[C@@H]1O[C@@H](C)[C@H](O)[C@@H](O)[C@H]1O)C(O)(O)CCCCCCC. The average Bonchev–Trinajstić information content (AvgIpc) is 3.02. The van der Waals surface area contributed by atoms with Crippen LogP contribution in [0.15, 0.2) is 0 Å². The quantitative estimate of drug-likeness (QED) is 0.0427. The Morgan fingerprint density at radius 1 is 0.674 bits per heavy atom. The van der Waals surface area contributed by atoms with Crippen LogP contribution in [0.5, 0.6) is 0 Å². The second-order valence-electron chi connectivity index (χ2n) is 13.1. The van der Waals surface area contributed by atoms with Crippen LogP contribution in [-0.2, 0) is 28.5 Å². The van der Waals surface area contributed by atoms with Crippen LogP contribution in [0.1, 0.15) is 118 Å². The van der Waals surface area contributed by atoms with E-state index in [1.54, 1.807) is 0 Å². The lowest BCUT2D eigenvalue weighted by Crippen LogP contribution is -2.73. The Bertz CT molecular complexity index is 916. The molecule has 0 bridgehead atoms. The maximum Gasteiger partial charge on any atom is 0.327 e. The highest BCUT2D eigenvalue weighted by Gasteiger charge is 2.70. The van der Waals surface area contributed by atoms with Crippen LogP contribution in [0.25, 0.3) is 0 Å². The van der Waals surface area contributed by atoms with Crippen LogP contribution >= 0.6 is 0 Å². The minimum Gasteiger partial charge on any atom is -0.468 e. The lowest BCUT2D eigenvalue weighted by Gasteiger charge is -2.52. The third kappa shape index (κ3) is 9.46. The number of aliphatic hydroxyl groups is 7. The number of carbonyl (C=O) groups is 2. The van der Waals surface area contributed by atoms with E-state index in [0.717, 1.165) is 58.5 Å². The largest absolute Gasteiger partial charge is 0.468 e. The standard InChI is InChI=1S/C33H60O13/c1-6-8-10-12-13-14-16-18-22(34)33(31(40)43-5,32(41,42)19-17-15-11-9-7-2)29-28(26(38)24(36)20(3)44-29)46-30-27(39)25(37)23(35)21(4)45-30/h20-21,23-30,35-39,41-42H,6-19H2,1-5H3/t20-,21-,23-,24-,25+,26+,27+,28+,29+,30-,33?/m0/s1. The molecule has 7 N–H and O–H groups in total. The molecule has 0 aromatic rings. The number of aliphatic hydroxyl groups excluding tert-OH is 5. The minimum absolute atomic E-state index is 0.238. The van der Waals surface area contributed by atoms with Gasteiger partial charge in [-0.3, -0.25) is 9.59 Å². The molecule has 0 saturated carbocycles. The summed E-state index contributed by atoms with van der Waals surface area (Å²) >= 11 is 0. The molecule has 2 saturated heterocycles. The molecular weight excluding hydrogens is 604 g/mol. The first kappa shape index (κ1) is 40.9. The minimum atomic E-state index is -3.05. The molecule has 13 nitrogen and oxygen atoms in total. The molecule has 2 fully saturated rings. The van der Waals surface area contributed by atoms with Gasteiger partial charge in [0, 0.05) is 12.8 Å². The summed E-state index contributed by atoms with van der Waals surface area (Å²) in [6.45, 7) is 6.93. The summed E-state index contributed by atoms with van der Waals surface area (Å²) in [5.41, 5.74) is -2.85. The van der Waals surface area contributed by atoms with Gasteiger partial charge in [-0.15, -0.1) is 0 Å². The van der Waals surface area contributed by atoms with Crippen LogP contribution in [0.4, 0.5) is 0 Å². The topological polar surface area (TPSA) is 213 Å². The molecule has 13 heteroatoms. The zero-order valence-electron chi connectivity index (χ0n) is 28.3. The van der Waals surface area contributed by atoms with Gasteiger partial charge >= 0.3 is 5.97 Å². The normalized spacial score (nSPS) is 33.4. The predicted octanol–water partition coefficient (Wildman–Crippen LogP) is 1.62. The van der Waals surface area contributed by atoms with Gasteiger partial charge < -0.3 is 54.7 Å². The van der Waals surface area contributed by atoms with Crippen molar-refractivity contribution < 1.29 is 64.3 Å². The highest BCUT2D eigenvalue weighted by Crippen LogP contribution is 2.47. The van der Waals surface area contributed by atoms with E-state index < -0.39 is 90.6 Å². The molecule has 11 atom stereocenters. The van der Waals surface area contributed by atoms with Crippen LogP contribution in [-0.4, -0.2) is 122 Å². The Kier molecular flexibility index (Phi) is 17.0. The van der Waals surface area contributed by atoms with Gasteiger partial charge in [-0.1, -0.05) is 78.1 Å². The third-order valence-corrected chi connectivity index (χ3v) is 9.57. The summed E-state index contributed by atoms with van der Waals surface area (Å²) in [6.07, 6.45) is -7.49. The smallest absolute Gasteiger partial charge is 0.327 e. The molecule has 0 aromatic heterocycles. The number of hydrogen-bond acceptors (Lipinski definition) is 13. The molecular formula is C33H60O13. The van der Waals surface area contributed by atoms with E-state index in [0.29, 0.717) is 19.3 Å². The number of ketones is 1. The number of Topliss-reactive ketones (excluding diaryl/α,β-unsaturated/α-hetero) is 1. The van der Waals surface area contributed by atoms with Gasteiger partial charge in [0.15, 0.2) is 17.9 Å². The van der Waals surface area contributed by atoms with Gasteiger partial charge in [0.25, 0.3) is 0 Å². The van der Waals surface area contributed by atoms with Crippen molar-refractivity contribution in [3.8, 4) is 0 Å². The first-order valence-electron chi connectivity index (χ1n) is 17.2. The molecule has 0 aliphatic carbocycles. The van der Waals surface area contributed by atoms with Gasteiger partial charge in [-0.25, -0.2) is 0 Å². The number of ether oxygens (including phenoxy) is 4. The fraction of sp³-hybridized carbons (Fsp3) is 0.939. The first-order valence-corrected chi connectivity index (χ1v) is 17.2. The van der Waals surface area contributed by atoms with Gasteiger partial charge in [-0.2, -0.15) is 0 Å². The van der Waals surface area contributed by atoms with E-state index in [1.807, 2.05) is 6.92 Å². The van der Waals surface area contributed by atoms with Crippen LogP contribution in [0, 0.1) is 5.41 Å². The first-order chi connectivity index (χ1) is 21.7. The van der Waals surface area contributed by atoms with Crippen LogP contribution < -0.4 is 0 Å². The van der Waals surface area contributed by atoms with Crippen molar-refractivity contribution in [3.63, 3.8) is 0 Å². The molecule has 2 aliphatic heterocycles. The fourth-order valence-corrected chi connectivity index (χ4v) is 6.60. The number of hydrogen-bond donors (Lipinski definition) is 7. The summed E-state index contributed by atoms with van der Waals surface area (Å²) in [7, 11) is 0.996. The van der Waals surface area contributed by atoms with E-state index in [1.165, 1.54) is 13.8 Å². The van der Waals surface area contributed by atoms with Crippen LogP contribution in [0.2, 0.25) is 0 Å². The van der Waals surface area contributed by atoms with Crippen molar-refractivity contribution in [1.29, 1.82) is 0 Å². The fourth-order valence-electron chi connectivity index (χ4n) is 6.60. The van der Waals surface area contributed by atoms with Crippen molar-refractivity contribution >= 4 is 11.8 Å². The van der Waals surface area contributed by atoms with Crippen molar-refractivity contribution in [3.05, 3.63) is 0 Å². The summed E-state index contributed by atoms with van der Waals surface area (Å²) in [4.78, 5) is 28.3. The maximum absolute atomic E-state index is 14.4. The van der Waals surface area contributed by atoms with E-state index in [-0.39, 0.29) is 12.8 Å². The molecule has 0 spiro atoms. The highest BCUT2D eigenvalue weighted by atomic mass is 16.7. The zero-order valence-corrected chi connectivity index (χ0v) is 28.3. The van der Waals surface area contributed by atoms with Gasteiger partial charge in [-0.05, 0) is 26.7 Å². The third-order valence-electron chi connectivity index (χ3n) is 9.57. The molecule has 2 rings (SSSR count). The lowest BCUT2D eigenvalue weighted by molar-refractivity contribution is -0.356. The summed E-state index contributed by atoms with van der Waals surface area (Å²) < 4.78 is 22.6. The van der Waals surface area contributed by atoms with E-state index >= 15 is 0 Å². The Hall–Kier alpha value is -1.26.